The number of aromatic nitrogens is 2. The summed E-state index contributed by atoms with van der Waals surface area (Å²) in [4.78, 5) is 37.7. The van der Waals surface area contributed by atoms with Crippen LogP contribution in [0.3, 0.4) is 0 Å². The summed E-state index contributed by atoms with van der Waals surface area (Å²) < 4.78 is 0.266. The standard InChI is InChI=1S/C21H17BrClN5O3/c22-16-17(27-28-18(16)26-19(29)12-6-2-3-7-13(12)23)21(31)25-15-10-9-11-5-1-4-8-14(11)24-20(15)30/h1-8,15H,9-10H2,(H,24,30)(H,25,31)(H2,26,27,28,29). The molecule has 0 bridgehead atoms. The van der Waals surface area contributed by atoms with Crippen molar-refractivity contribution in [3.63, 3.8) is 0 Å². The van der Waals surface area contributed by atoms with E-state index in [1.165, 1.54) is 0 Å². The lowest BCUT2D eigenvalue weighted by Crippen LogP contribution is -2.43. The zero-order chi connectivity index (χ0) is 22.0. The van der Waals surface area contributed by atoms with Crippen molar-refractivity contribution in [1.82, 2.24) is 15.5 Å². The Morgan fingerprint density at radius 1 is 1.10 bits per heavy atom. The number of amides is 3. The molecule has 8 nitrogen and oxygen atoms in total. The zero-order valence-electron chi connectivity index (χ0n) is 16.0. The van der Waals surface area contributed by atoms with Crippen LogP contribution in [0.5, 0.6) is 0 Å². The molecule has 1 aromatic heterocycles. The number of nitrogens with one attached hydrogen (secondary N) is 4. The number of aryl methyl sites for hydroxylation is 1. The molecule has 0 saturated heterocycles. The third-order valence-electron chi connectivity index (χ3n) is 4.88. The molecule has 1 aliphatic rings. The molecule has 158 valence electrons. The van der Waals surface area contributed by atoms with Gasteiger partial charge in [-0.2, -0.15) is 5.10 Å². The second kappa shape index (κ2) is 8.91. The minimum Gasteiger partial charge on any atom is -0.339 e. The first-order chi connectivity index (χ1) is 14.9. The molecule has 31 heavy (non-hydrogen) atoms. The van der Waals surface area contributed by atoms with Gasteiger partial charge in [0.15, 0.2) is 5.82 Å². The number of H-pyrrole nitrogens is 1. The van der Waals surface area contributed by atoms with Gasteiger partial charge in [-0.15, -0.1) is 0 Å². The molecule has 2 aromatic carbocycles. The van der Waals surface area contributed by atoms with Crippen LogP contribution < -0.4 is 16.0 Å². The average Bonchev–Trinajstić information content (AvgIpc) is 3.03. The summed E-state index contributed by atoms with van der Waals surface area (Å²) in [5, 5.41) is 15.0. The molecule has 0 saturated carbocycles. The van der Waals surface area contributed by atoms with Gasteiger partial charge in [-0.25, -0.2) is 0 Å². The van der Waals surface area contributed by atoms with Crippen molar-refractivity contribution < 1.29 is 14.4 Å². The number of aromatic amines is 1. The highest BCUT2D eigenvalue weighted by Gasteiger charge is 2.27. The molecule has 1 aliphatic heterocycles. The molecule has 1 unspecified atom stereocenters. The van der Waals surface area contributed by atoms with Crippen LogP contribution >= 0.6 is 27.5 Å². The molecular formula is C21H17BrClN5O3. The first-order valence-corrected chi connectivity index (χ1v) is 10.6. The van der Waals surface area contributed by atoms with Crippen LogP contribution in [0.4, 0.5) is 11.5 Å². The van der Waals surface area contributed by atoms with Gasteiger partial charge in [0.25, 0.3) is 11.8 Å². The lowest BCUT2D eigenvalue weighted by molar-refractivity contribution is -0.118. The van der Waals surface area contributed by atoms with Crippen LogP contribution in [0.1, 0.15) is 32.8 Å². The summed E-state index contributed by atoms with van der Waals surface area (Å²) in [5.41, 5.74) is 2.13. The summed E-state index contributed by atoms with van der Waals surface area (Å²) in [7, 11) is 0. The Morgan fingerprint density at radius 3 is 2.65 bits per heavy atom. The predicted molar refractivity (Wildman–Crippen MR) is 120 cm³/mol. The number of para-hydroxylation sites is 1. The number of benzene rings is 2. The minimum atomic E-state index is -0.712. The Hall–Kier alpha value is -3.17. The van der Waals surface area contributed by atoms with E-state index in [1.807, 2.05) is 24.3 Å². The number of anilines is 2. The van der Waals surface area contributed by atoms with Gasteiger partial charge in [-0.1, -0.05) is 41.9 Å². The molecule has 3 amide bonds. The third kappa shape index (κ3) is 4.47. The van der Waals surface area contributed by atoms with Gasteiger partial charge in [0.1, 0.15) is 11.7 Å². The fourth-order valence-electron chi connectivity index (χ4n) is 3.26. The average molecular weight is 503 g/mol. The van der Waals surface area contributed by atoms with Crippen molar-refractivity contribution in [1.29, 1.82) is 0 Å². The maximum absolute atomic E-state index is 12.8. The molecule has 2 heterocycles. The van der Waals surface area contributed by atoms with Gasteiger partial charge < -0.3 is 16.0 Å². The van der Waals surface area contributed by atoms with Crippen LogP contribution in [-0.2, 0) is 11.2 Å². The monoisotopic (exact) mass is 501 g/mol. The number of nitrogens with zero attached hydrogens (tertiary/aromatic N) is 1. The SMILES string of the molecule is O=C(Nc1n[nH]c(C(=O)NC2CCc3ccccc3NC2=O)c1Br)c1ccccc1Cl. The Labute approximate surface area is 190 Å². The number of hydrogen-bond acceptors (Lipinski definition) is 4. The van der Waals surface area contributed by atoms with Crippen molar-refractivity contribution in [2.75, 3.05) is 10.6 Å². The molecule has 0 fully saturated rings. The quantitative estimate of drug-likeness (QED) is 0.435. The Bertz CT molecular complexity index is 1180. The molecule has 0 aliphatic carbocycles. The maximum atomic E-state index is 12.8. The van der Waals surface area contributed by atoms with Crippen molar-refractivity contribution in [2.24, 2.45) is 0 Å². The molecule has 3 aromatic rings. The Kier molecular flexibility index (Phi) is 6.06. The van der Waals surface area contributed by atoms with Gasteiger partial charge in [0, 0.05) is 5.69 Å². The molecule has 4 N–H and O–H groups in total. The van der Waals surface area contributed by atoms with Crippen molar-refractivity contribution in [3.8, 4) is 0 Å². The van der Waals surface area contributed by atoms with E-state index < -0.39 is 17.9 Å². The highest BCUT2D eigenvalue weighted by atomic mass is 79.9. The van der Waals surface area contributed by atoms with Crippen LogP contribution in [0.2, 0.25) is 5.02 Å². The highest BCUT2D eigenvalue weighted by molar-refractivity contribution is 9.10. The predicted octanol–water partition coefficient (Wildman–Crippen LogP) is 3.76. The van der Waals surface area contributed by atoms with E-state index in [9.17, 15) is 14.4 Å². The van der Waals surface area contributed by atoms with Gasteiger partial charge in [0.05, 0.1) is 15.1 Å². The summed E-state index contributed by atoms with van der Waals surface area (Å²) >= 11 is 9.33. The van der Waals surface area contributed by atoms with Gasteiger partial charge in [0.2, 0.25) is 5.91 Å². The third-order valence-corrected chi connectivity index (χ3v) is 5.99. The first-order valence-electron chi connectivity index (χ1n) is 9.43. The molecule has 4 rings (SSSR count). The van der Waals surface area contributed by atoms with Gasteiger partial charge >= 0.3 is 0 Å². The van der Waals surface area contributed by atoms with E-state index in [-0.39, 0.29) is 27.5 Å². The van der Waals surface area contributed by atoms with Crippen LogP contribution in [0, 0.1) is 0 Å². The zero-order valence-corrected chi connectivity index (χ0v) is 18.4. The van der Waals surface area contributed by atoms with E-state index in [0.29, 0.717) is 17.9 Å². The van der Waals surface area contributed by atoms with Crippen molar-refractivity contribution in [2.45, 2.75) is 18.9 Å². The number of halogens is 2. The van der Waals surface area contributed by atoms with E-state index in [1.54, 1.807) is 24.3 Å². The highest BCUT2D eigenvalue weighted by Crippen LogP contribution is 2.26. The van der Waals surface area contributed by atoms with Crippen LogP contribution in [-0.4, -0.2) is 34.0 Å². The van der Waals surface area contributed by atoms with Crippen LogP contribution in [0.15, 0.2) is 53.0 Å². The van der Waals surface area contributed by atoms with E-state index in [4.69, 9.17) is 11.6 Å². The van der Waals surface area contributed by atoms with E-state index >= 15 is 0 Å². The van der Waals surface area contributed by atoms with E-state index in [2.05, 4.69) is 42.1 Å². The fraction of sp³-hybridized carbons (Fsp3) is 0.143. The van der Waals surface area contributed by atoms with E-state index in [0.717, 1.165) is 11.3 Å². The number of fused-ring (bicyclic) bond motifs is 1. The molecule has 0 spiro atoms. The number of carbonyl (C=O) groups excluding carboxylic acids is 3. The van der Waals surface area contributed by atoms with Crippen molar-refractivity contribution in [3.05, 3.63) is 74.8 Å². The second-order valence-corrected chi connectivity index (χ2v) is 8.11. The topological polar surface area (TPSA) is 116 Å². The molecule has 10 heteroatoms. The Morgan fingerprint density at radius 2 is 1.84 bits per heavy atom. The molecule has 0 radical (unpaired) electrons. The largest absolute Gasteiger partial charge is 0.339 e. The lowest BCUT2D eigenvalue weighted by atomic mass is 10.1. The van der Waals surface area contributed by atoms with Crippen LogP contribution in [0.25, 0.3) is 0 Å². The smallest absolute Gasteiger partial charge is 0.271 e. The summed E-state index contributed by atoms with van der Waals surface area (Å²) in [6.07, 6.45) is 1.10. The first kappa shape index (κ1) is 21.1. The minimum absolute atomic E-state index is 0.0871. The molecule has 1 atom stereocenters. The normalized spacial score (nSPS) is 15.4. The van der Waals surface area contributed by atoms with Gasteiger partial charge in [-0.3, -0.25) is 19.5 Å². The van der Waals surface area contributed by atoms with Gasteiger partial charge in [-0.05, 0) is 52.5 Å². The lowest BCUT2D eigenvalue weighted by Gasteiger charge is -2.14. The number of carbonyl (C=O) groups is 3. The Balaban J connectivity index is 1.45. The summed E-state index contributed by atoms with van der Waals surface area (Å²) in [6, 6.07) is 13.4. The fourth-order valence-corrected chi connectivity index (χ4v) is 3.94. The van der Waals surface area contributed by atoms with Crippen molar-refractivity contribution >= 4 is 56.8 Å². The second-order valence-electron chi connectivity index (χ2n) is 6.91. The summed E-state index contributed by atoms with van der Waals surface area (Å²) in [5.74, 6) is -1.15. The molecular weight excluding hydrogens is 486 g/mol. The number of rotatable bonds is 4. The summed E-state index contributed by atoms with van der Waals surface area (Å²) in [6.45, 7) is 0. The maximum Gasteiger partial charge on any atom is 0.271 e. The number of hydrogen-bond donors (Lipinski definition) is 4.